The number of benzene rings is 7. The van der Waals surface area contributed by atoms with E-state index in [9.17, 15) is 0 Å². The highest BCUT2D eigenvalue weighted by molar-refractivity contribution is 6.19. The van der Waals surface area contributed by atoms with Crippen molar-refractivity contribution in [1.29, 1.82) is 0 Å². The Hall–Kier alpha value is -6.06. The molecule has 0 radical (unpaired) electrons. The van der Waals surface area contributed by atoms with Crippen molar-refractivity contribution in [2.24, 2.45) is 0 Å². The Morgan fingerprint density at radius 1 is 0.467 bits per heavy atom. The minimum atomic E-state index is 0.886. The first-order valence-corrected chi connectivity index (χ1v) is 15.3. The van der Waals surface area contributed by atoms with Gasteiger partial charge in [-0.3, -0.25) is 0 Å². The van der Waals surface area contributed by atoms with E-state index in [0.29, 0.717) is 0 Å². The molecular formula is C42H28N2O. The number of nitrogens with zero attached hydrogens (tertiary/aromatic N) is 2. The van der Waals surface area contributed by atoms with E-state index >= 15 is 0 Å². The molecule has 2 heterocycles. The summed E-state index contributed by atoms with van der Waals surface area (Å²) in [6.07, 6.45) is 0. The largest absolute Gasteiger partial charge is 0.456 e. The minimum Gasteiger partial charge on any atom is -0.456 e. The van der Waals surface area contributed by atoms with Gasteiger partial charge in [0.05, 0.1) is 16.7 Å². The normalized spacial score (nSPS) is 11.6. The first kappa shape index (κ1) is 25.4. The van der Waals surface area contributed by atoms with E-state index in [1.165, 1.54) is 27.4 Å². The molecular weight excluding hydrogens is 548 g/mol. The maximum atomic E-state index is 6.22. The second-order valence-corrected chi connectivity index (χ2v) is 11.4. The highest BCUT2D eigenvalue weighted by Gasteiger charge is 2.23. The van der Waals surface area contributed by atoms with Gasteiger partial charge in [-0.2, -0.15) is 0 Å². The molecule has 0 unspecified atom stereocenters. The predicted molar refractivity (Wildman–Crippen MR) is 188 cm³/mol. The second-order valence-electron chi connectivity index (χ2n) is 11.4. The molecule has 212 valence electrons. The molecule has 45 heavy (non-hydrogen) atoms. The first-order chi connectivity index (χ1) is 22.3. The lowest BCUT2D eigenvalue weighted by atomic mass is 9.99. The molecule has 0 spiro atoms. The van der Waals surface area contributed by atoms with Crippen LogP contribution in [-0.2, 0) is 0 Å². The van der Waals surface area contributed by atoms with Crippen LogP contribution in [0.5, 0.6) is 0 Å². The van der Waals surface area contributed by atoms with E-state index in [4.69, 9.17) is 4.42 Å². The molecule has 0 amide bonds. The topological polar surface area (TPSA) is 21.3 Å². The van der Waals surface area contributed by atoms with Crippen molar-refractivity contribution in [3.05, 3.63) is 170 Å². The van der Waals surface area contributed by atoms with Crippen LogP contribution in [0.2, 0.25) is 0 Å². The third kappa shape index (κ3) is 4.05. The van der Waals surface area contributed by atoms with Gasteiger partial charge >= 0.3 is 0 Å². The SMILES string of the molecule is c1ccc(-c2cccc3c2c2cccc(N(c4ccccc4)c4ccc5oc6ccccc6c5c4)c2n3-c2ccccc2)cc1. The van der Waals surface area contributed by atoms with Crippen LogP contribution in [0.4, 0.5) is 17.1 Å². The van der Waals surface area contributed by atoms with Crippen molar-refractivity contribution in [2.45, 2.75) is 0 Å². The number of rotatable bonds is 5. The van der Waals surface area contributed by atoms with Crippen LogP contribution >= 0.6 is 0 Å². The molecule has 7 aromatic carbocycles. The Morgan fingerprint density at radius 3 is 1.96 bits per heavy atom. The average molecular weight is 577 g/mol. The van der Waals surface area contributed by atoms with Crippen LogP contribution in [0, 0.1) is 0 Å². The van der Waals surface area contributed by atoms with Crippen molar-refractivity contribution in [3.63, 3.8) is 0 Å². The lowest BCUT2D eigenvalue weighted by Crippen LogP contribution is -2.11. The van der Waals surface area contributed by atoms with E-state index in [2.05, 4.69) is 167 Å². The zero-order chi connectivity index (χ0) is 29.7. The summed E-state index contributed by atoms with van der Waals surface area (Å²) in [6.45, 7) is 0. The van der Waals surface area contributed by atoms with Gasteiger partial charge in [-0.05, 0) is 71.8 Å². The number of hydrogen-bond acceptors (Lipinski definition) is 2. The summed E-state index contributed by atoms with van der Waals surface area (Å²) in [5.41, 5.74) is 10.9. The van der Waals surface area contributed by atoms with Crippen molar-refractivity contribution >= 4 is 60.8 Å². The molecule has 0 bridgehead atoms. The summed E-state index contributed by atoms with van der Waals surface area (Å²) in [5.74, 6) is 0. The Labute approximate surface area is 260 Å². The van der Waals surface area contributed by atoms with E-state index in [0.717, 1.165) is 50.2 Å². The van der Waals surface area contributed by atoms with E-state index < -0.39 is 0 Å². The first-order valence-electron chi connectivity index (χ1n) is 15.3. The zero-order valence-corrected chi connectivity index (χ0v) is 24.5. The predicted octanol–water partition coefficient (Wildman–Crippen LogP) is 11.8. The minimum absolute atomic E-state index is 0.886. The van der Waals surface area contributed by atoms with E-state index in [1.54, 1.807) is 0 Å². The molecule has 9 rings (SSSR count). The highest BCUT2D eigenvalue weighted by atomic mass is 16.3. The maximum Gasteiger partial charge on any atom is 0.135 e. The molecule has 9 aromatic rings. The highest BCUT2D eigenvalue weighted by Crippen LogP contribution is 2.46. The Balaban J connectivity index is 1.40. The molecule has 0 saturated heterocycles. The molecule has 0 fully saturated rings. The van der Waals surface area contributed by atoms with Gasteiger partial charge in [-0.25, -0.2) is 0 Å². The zero-order valence-electron chi connectivity index (χ0n) is 24.5. The average Bonchev–Trinajstić information content (AvgIpc) is 3.66. The van der Waals surface area contributed by atoms with Gasteiger partial charge in [-0.1, -0.05) is 109 Å². The number of hydrogen-bond donors (Lipinski definition) is 0. The number of anilines is 3. The third-order valence-electron chi connectivity index (χ3n) is 8.76. The van der Waals surface area contributed by atoms with Crippen LogP contribution < -0.4 is 4.90 Å². The summed E-state index contributed by atoms with van der Waals surface area (Å²) in [6, 6.07) is 60.2. The van der Waals surface area contributed by atoms with Gasteiger partial charge in [0.1, 0.15) is 11.2 Å². The lowest BCUT2D eigenvalue weighted by Gasteiger charge is -2.27. The molecule has 3 nitrogen and oxygen atoms in total. The van der Waals surface area contributed by atoms with Crippen LogP contribution in [-0.4, -0.2) is 4.57 Å². The van der Waals surface area contributed by atoms with E-state index in [1.807, 2.05) is 12.1 Å². The number of para-hydroxylation sites is 4. The van der Waals surface area contributed by atoms with Crippen LogP contribution in [0.3, 0.4) is 0 Å². The Kier molecular flexibility index (Phi) is 5.82. The van der Waals surface area contributed by atoms with Crippen molar-refractivity contribution in [3.8, 4) is 16.8 Å². The van der Waals surface area contributed by atoms with Crippen molar-refractivity contribution in [1.82, 2.24) is 4.57 Å². The van der Waals surface area contributed by atoms with Gasteiger partial charge in [-0.15, -0.1) is 0 Å². The van der Waals surface area contributed by atoms with Gasteiger partial charge < -0.3 is 13.9 Å². The van der Waals surface area contributed by atoms with Crippen LogP contribution in [0.25, 0.3) is 60.6 Å². The molecule has 3 heteroatoms. The summed E-state index contributed by atoms with van der Waals surface area (Å²) in [4.78, 5) is 2.38. The molecule has 2 aromatic heterocycles. The second kappa shape index (κ2) is 10.3. The number of furan rings is 1. The monoisotopic (exact) mass is 576 g/mol. The van der Waals surface area contributed by atoms with Gasteiger partial charge in [0.25, 0.3) is 0 Å². The summed E-state index contributed by atoms with van der Waals surface area (Å²) in [5, 5.41) is 4.67. The molecule has 0 aliphatic carbocycles. The summed E-state index contributed by atoms with van der Waals surface area (Å²) in [7, 11) is 0. The Morgan fingerprint density at radius 2 is 1.13 bits per heavy atom. The van der Waals surface area contributed by atoms with Gasteiger partial charge in [0, 0.05) is 38.6 Å². The molecule has 0 aliphatic rings. The smallest absolute Gasteiger partial charge is 0.135 e. The van der Waals surface area contributed by atoms with Crippen molar-refractivity contribution < 1.29 is 4.42 Å². The van der Waals surface area contributed by atoms with Crippen molar-refractivity contribution in [2.75, 3.05) is 4.90 Å². The molecule has 0 saturated carbocycles. The maximum absolute atomic E-state index is 6.22. The van der Waals surface area contributed by atoms with E-state index in [-0.39, 0.29) is 0 Å². The third-order valence-corrected chi connectivity index (χ3v) is 8.76. The fourth-order valence-corrected chi connectivity index (χ4v) is 6.84. The number of fused-ring (bicyclic) bond motifs is 6. The number of aromatic nitrogens is 1. The van der Waals surface area contributed by atoms with Gasteiger partial charge in [0.2, 0.25) is 0 Å². The Bertz CT molecular complexity index is 2470. The molecule has 0 aliphatic heterocycles. The lowest BCUT2D eigenvalue weighted by molar-refractivity contribution is 0.669. The van der Waals surface area contributed by atoms with Crippen LogP contribution in [0.15, 0.2) is 174 Å². The summed E-state index contributed by atoms with van der Waals surface area (Å²) >= 11 is 0. The fraction of sp³-hybridized carbons (Fsp3) is 0. The van der Waals surface area contributed by atoms with Crippen LogP contribution in [0.1, 0.15) is 0 Å². The summed E-state index contributed by atoms with van der Waals surface area (Å²) < 4.78 is 8.64. The standard InChI is InChI=1S/C42H28N2O/c1-4-14-29(15-5-1)33-21-12-23-37-41(33)35-22-13-24-38(42(35)44(37)31-18-8-3-9-19-31)43(30-16-6-2-7-17-30)32-26-27-40-36(28-32)34-20-10-11-25-39(34)45-40/h1-28H. The quantitative estimate of drug-likeness (QED) is 0.203. The molecule has 0 N–H and O–H groups in total. The van der Waals surface area contributed by atoms with Gasteiger partial charge in [0.15, 0.2) is 0 Å². The fourth-order valence-electron chi connectivity index (χ4n) is 6.84. The molecule has 0 atom stereocenters.